The molecule has 0 unspecified atom stereocenters. The fourth-order valence-electron chi connectivity index (χ4n) is 1.95. The zero-order chi connectivity index (χ0) is 14.3. The molecule has 2 aromatic heterocycles. The number of anilines is 1. The zero-order valence-electron chi connectivity index (χ0n) is 11.6. The molecule has 5 heteroatoms. The maximum atomic E-state index is 5.63. The van der Waals surface area contributed by atoms with E-state index in [4.69, 9.17) is 4.74 Å². The van der Waals surface area contributed by atoms with Crippen molar-refractivity contribution in [3.05, 3.63) is 54.9 Å². The minimum Gasteiger partial charge on any atom is -0.494 e. The summed E-state index contributed by atoms with van der Waals surface area (Å²) >= 11 is 0. The Morgan fingerprint density at radius 3 is 2.71 bits per heavy atom. The average Bonchev–Trinajstić information content (AvgIpc) is 2.55. The monoisotopic (exact) mass is 280 g/mol. The normalized spacial score (nSPS) is 10.5. The lowest BCUT2D eigenvalue weighted by molar-refractivity contribution is 0.315. The van der Waals surface area contributed by atoms with Crippen LogP contribution in [0.3, 0.4) is 0 Å². The van der Waals surface area contributed by atoms with Gasteiger partial charge in [-0.1, -0.05) is 18.2 Å². The van der Waals surface area contributed by atoms with Crippen molar-refractivity contribution in [3.63, 3.8) is 0 Å². The van der Waals surface area contributed by atoms with E-state index in [1.165, 1.54) is 0 Å². The van der Waals surface area contributed by atoms with E-state index in [1.807, 2.05) is 42.5 Å². The Hall–Kier alpha value is -2.69. The Morgan fingerprint density at radius 2 is 1.81 bits per heavy atom. The summed E-state index contributed by atoms with van der Waals surface area (Å²) in [5, 5.41) is 3.26. The Bertz CT molecular complexity index is 703. The van der Waals surface area contributed by atoms with E-state index >= 15 is 0 Å². The van der Waals surface area contributed by atoms with Gasteiger partial charge in [0.1, 0.15) is 17.1 Å². The summed E-state index contributed by atoms with van der Waals surface area (Å²) in [6.45, 7) is 1.47. The largest absolute Gasteiger partial charge is 0.494 e. The summed E-state index contributed by atoms with van der Waals surface area (Å²) in [4.78, 5) is 12.8. The van der Waals surface area contributed by atoms with Gasteiger partial charge in [-0.15, -0.1) is 0 Å². The third kappa shape index (κ3) is 3.66. The molecule has 106 valence electrons. The first-order chi connectivity index (χ1) is 10.4. The van der Waals surface area contributed by atoms with Crippen molar-refractivity contribution >= 4 is 17.0 Å². The molecule has 3 aromatic rings. The van der Waals surface area contributed by atoms with Crippen molar-refractivity contribution < 1.29 is 4.74 Å². The fraction of sp³-hybridized carbons (Fsp3) is 0.188. The number of para-hydroxylation sites is 1. The second kappa shape index (κ2) is 6.65. The predicted molar refractivity (Wildman–Crippen MR) is 82.4 cm³/mol. The smallest absolute Gasteiger partial charge is 0.180 e. The molecule has 0 aliphatic heterocycles. The van der Waals surface area contributed by atoms with Crippen LogP contribution in [0.4, 0.5) is 5.82 Å². The lowest BCUT2D eigenvalue weighted by Crippen LogP contribution is -2.08. The summed E-state index contributed by atoms with van der Waals surface area (Å²) < 4.78 is 5.63. The van der Waals surface area contributed by atoms with E-state index in [0.717, 1.165) is 30.0 Å². The van der Waals surface area contributed by atoms with Crippen molar-refractivity contribution in [2.45, 2.75) is 6.42 Å². The van der Waals surface area contributed by atoms with Gasteiger partial charge >= 0.3 is 0 Å². The molecule has 0 amide bonds. The second-order valence-electron chi connectivity index (χ2n) is 4.54. The van der Waals surface area contributed by atoms with E-state index in [1.54, 1.807) is 12.4 Å². The highest BCUT2D eigenvalue weighted by Gasteiger charge is 1.99. The molecule has 5 nitrogen and oxygen atoms in total. The van der Waals surface area contributed by atoms with Crippen molar-refractivity contribution in [3.8, 4) is 5.75 Å². The lowest BCUT2D eigenvalue weighted by atomic mass is 10.3. The maximum absolute atomic E-state index is 5.63. The molecule has 3 rings (SSSR count). The van der Waals surface area contributed by atoms with Gasteiger partial charge in [-0.2, -0.15) is 0 Å². The molecule has 1 aromatic carbocycles. The van der Waals surface area contributed by atoms with Crippen molar-refractivity contribution in [1.82, 2.24) is 15.0 Å². The summed E-state index contributed by atoms with van der Waals surface area (Å²) in [5.41, 5.74) is 1.46. The minimum absolute atomic E-state index is 0.656. The van der Waals surface area contributed by atoms with Crippen LogP contribution in [0.2, 0.25) is 0 Å². The molecule has 0 aliphatic rings. The number of rotatable bonds is 6. The first-order valence-corrected chi connectivity index (χ1v) is 6.91. The van der Waals surface area contributed by atoms with Gasteiger partial charge in [-0.3, -0.25) is 4.98 Å². The zero-order valence-corrected chi connectivity index (χ0v) is 11.6. The van der Waals surface area contributed by atoms with E-state index in [-0.39, 0.29) is 0 Å². The Balaban J connectivity index is 1.46. The predicted octanol–water partition coefficient (Wildman–Crippen LogP) is 2.91. The number of aromatic nitrogens is 3. The highest BCUT2D eigenvalue weighted by atomic mass is 16.5. The van der Waals surface area contributed by atoms with Crippen molar-refractivity contribution in [2.75, 3.05) is 18.5 Å². The molecule has 0 aliphatic carbocycles. The van der Waals surface area contributed by atoms with Crippen LogP contribution in [-0.2, 0) is 0 Å². The van der Waals surface area contributed by atoms with E-state index < -0.39 is 0 Å². The third-order valence-electron chi connectivity index (χ3n) is 2.97. The summed E-state index contributed by atoms with van der Waals surface area (Å²) in [6, 6.07) is 13.6. The van der Waals surface area contributed by atoms with Crippen LogP contribution < -0.4 is 10.1 Å². The molecule has 0 spiro atoms. The van der Waals surface area contributed by atoms with Gasteiger partial charge in [-0.25, -0.2) is 9.97 Å². The van der Waals surface area contributed by atoms with Gasteiger partial charge in [0, 0.05) is 18.9 Å². The molecular formula is C16H16N4O. The number of nitrogens with one attached hydrogen (secondary N) is 1. The Kier molecular flexibility index (Phi) is 4.21. The highest BCUT2D eigenvalue weighted by molar-refractivity contribution is 5.71. The summed E-state index contributed by atoms with van der Waals surface area (Å²) in [7, 11) is 0. The number of hydrogen-bond donors (Lipinski definition) is 1. The third-order valence-corrected chi connectivity index (χ3v) is 2.97. The van der Waals surface area contributed by atoms with Crippen molar-refractivity contribution in [1.29, 1.82) is 0 Å². The van der Waals surface area contributed by atoms with Gasteiger partial charge in [0.15, 0.2) is 5.65 Å². The molecule has 0 radical (unpaired) electrons. The number of nitrogens with zero attached hydrogens (tertiary/aromatic N) is 3. The second-order valence-corrected chi connectivity index (χ2v) is 4.54. The van der Waals surface area contributed by atoms with Crippen LogP contribution >= 0.6 is 0 Å². The average molecular weight is 280 g/mol. The van der Waals surface area contributed by atoms with E-state index in [9.17, 15) is 0 Å². The number of ether oxygens (including phenoxy) is 1. The molecule has 0 fully saturated rings. The summed E-state index contributed by atoms with van der Waals surface area (Å²) in [5.74, 6) is 1.71. The van der Waals surface area contributed by atoms with Crippen LogP contribution in [-0.4, -0.2) is 28.1 Å². The molecule has 2 heterocycles. The van der Waals surface area contributed by atoms with E-state index in [0.29, 0.717) is 12.3 Å². The number of hydrogen-bond acceptors (Lipinski definition) is 5. The Morgan fingerprint density at radius 1 is 0.952 bits per heavy atom. The van der Waals surface area contributed by atoms with Gasteiger partial charge in [0.05, 0.1) is 6.61 Å². The molecule has 0 atom stereocenters. The van der Waals surface area contributed by atoms with Crippen LogP contribution in [0.5, 0.6) is 5.75 Å². The minimum atomic E-state index is 0.656. The first kappa shape index (κ1) is 13.3. The molecule has 0 saturated heterocycles. The fourth-order valence-corrected chi connectivity index (χ4v) is 1.95. The molecular weight excluding hydrogens is 264 g/mol. The highest BCUT2D eigenvalue weighted by Crippen LogP contribution is 2.11. The first-order valence-electron chi connectivity index (χ1n) is 6.91. The van der Waals surface area contributed by atoms with E-state index in [2.05, 4.69) is 20.3 Å². The molecule has 0 bridgehead atoms. The molecule has 21 heavy (non-hydrogen) atoms. The van der Waals surface area contributed by atoms with Crippen molar-refractivity contribution in [2.24, 2.45) is 0 Å². The summed E-state index contributed by atoms with van der Waals surface area (Å²) in [6.07, 6.45) is 4.21. The number of fused-ring (bicyclic) bond motifs is 1. The van der Waals surface area contributed by atoms with Crippen LogP contribution in [0.1, 0.15) is 6.42 Å². The topological polar surface area (TPSA) is 59.9 Å². The number of pyridine rings is 1. The van der Waals surface area contributed by atoms with Gasteiger partial charge in [-0.05, 0) is 30.7 Å². The molecule has 0 saturated carbocycles. The van der Waals surface area contributed by atoms with Crippen LogP contribution in [0, 0.1) is 0 Å². The van der Waals surface area contributed by atoms with Crippen LogP contribution in [0.15, 0.2) is 54.9 Å². The lowest BCUT2D eigenvalue weighted by Gasteiger charge is -2.07. The maximum Gasteiger partial charge on any atom is 0.180 e. The Labute approximate surface area is 123 Å². The van der Waals surface area contributed by atoms with Gasteiger partial charge in [0.2, 0.25) is 0 Å². The van der Waals surface area contributed by atoms with Gasteiger partial charge in [0.25, 0.3) is 0 Å². The van der Waals surface area contributed by atoms with Gasteiger partial charge < -0.3 is 10.1 Å². The van der Waals surface area contributed by atoms with Crippen LogP contribution in [0.25, 0.3) is 11.2 Å². The standard InChI is InChI=1S/C16H16N4O/c1-2-5-13(6-3-1)21-12-4-9-18-15-8-7-14-16(20-15)19-11-10-17-14/h1-3,5-8,10-11H,4,9,12H2,(H,18,19,20). The molecule has 1 N–H and O–H groups in total. The quantitative estimate of drug-likeness (QED) is 0.703. The number of benzene rings is 1. The SMILES string of the molecule is c1ccc(OCCCNc2ccc3nccnc3n2)cc1.